The molecule has 1 aliphatic rings. The van der Waals surface area contributed by atoms with Crippen molar-refractivity contribution in [1.82, 2.24) is 15.2 Å². The summed E-state index contributed by atoms with van der Waals surface area (Å²) in [6, 6.07) is 2.36. The number of nitrogens with two attached hydrogens (primary N) is 1. The second-order valence-corrected chi connectivity index (χ2v) is 6.75. The Labute approximate surface area is 123 Å². The van der Waals surface area contributed by atoms with E-state index in [0.29, 0.717) is 11.3 Å². The molecule has 0 aliphatic heterocycles. The third-order valence-electron chi connectivity index (χ3n) is 4.67. The van der Waals surface area contributed by atoms with Crippen LogP contribution in [0.1, 0.15) is 71.0 Å². The zero-order chi connectivity index (χ0) is 14.6. The van der Waals surface area contributed by atoms with Gasteiger partial charge in [0.15, 0.2) is 0 Å². The fraction of sp³-hybridized carbons (Fsp3) is 0.812. The first-order chi connectivity index (χ1) is 9.63. The number of hydrogen-bond donors (Lipinski definition) is 2. The average molecular weight is 278 g/mol. The molecule has 0 bridgehead atoms. The third kappa shape index (κ3) is 3.07. The van der Waals surface area contributed by atoms with Crippen LogP contribution < -0.4 is 11.3 Å². The Bertz CT molecular complexity index is 404. The highest BCUT2D eigenvalue weighted by Gasteiger charge is 2.43. The SMILES string of the molecule is CCCn1nccc1C(NN)C1(CC(C)C)CCCC1. The van der Waals surface area contributed by atoms with E-state index >= 15 is 0 Å². The number of hydrazine groups is 1. The van der Waals surface area contributed by atoms with Gasteiger partial charge in [0.2, 0.25) is 0 Å². The molecule has 1 aromatic heterocycles. The van der Waals surface area contributed by atoms with Crippen LogP contribution >= 0.6 is 0 Å². The van der Waals surface area contributed by atoms with Crippen LogP contribution in [0.2, 0.25) is 0 Å². The van der Waals surface area contributed by atoms with Crippen LogP contribution in [0.25, 0.3) is 0 Å². The minimum atomic E-state index is 0.224. The van der Waals surface area contributed by atoms with Gasteiger partial charge in [-0.05, 0) is 43.1 Å². The van der Waals surface area contributed by atoms with Gasteiger partial charge in [0, 0.05) is 12.7 Å². The number of aromatic nitrogens is 2. The molecule has 1 aliphatic carbocycles. The van der Waals surface area contributed by atoms with Crippen molar-refractivity contribution >= 4 is 0 Å². The van der Waals surface area contributed by atoms with Crippen LogP contribution in [-0.2, 0) is 6.54 Å². The lowest BCUT2D eigenvalue weighted by Gasteiger charge is -2.39. The lowest BCUT2D eigenvalue weighted by Crippen LogP contribution is -2.42. The highest BCUT2D eigenvalue weighted by atomic mass is 15.3. The van der Waals surface area contributed by atoms with Crippen molar-refractivity contribution in [3.05, 3.63) is 18.0 Å². The number of aryl methyl sites for hydroxylation is 1. The van der Waals surface area contributed by atoms with E-state index in [2.05, 4.69) is 42.0 Å². The van der Waals surface area contributed by atoms with E-state index in [9.17, 15) is 0 Å². The normalized spacial score (nSPS) is 19.6. The van der Waals surface area contributed by atoms with Gasteiger partial charge in [-0.15, -0.1) is 0 Å². The molecule has 114 valence electrons. The summed E-state index contributed by atoms with van der Waals surface area (Å²) in [5, 5.41) is 4.48. The van der Waals surface area contributed by atoms with Crippen LogP contribution in [0.5, 0.6) is 0 Å². The third-order valence-corrected chi connectivity index (χ3v) is 4.67. The molecule has 0 saturated heterocycles. The molecule has 20 heavy (non-hydrogen) atoms. The van der Waals surface area contributed by atoms with Gasteiger partial charge < -0.3 is 0 Å². The molecule has 1 aromatic rings. The van der Waals surface area contributed by atoms with Gasteiger partial charge in [-0.1, -0.05) is 33.6 Å². The van der Waals surface area contributed by atoms with Crippen molar-refractivity contribution in [2.45, 2.75) is 71.9 Å². The van der Waals surface area contributed by atoms with Crippen molar-refractivity contribution in [1.29, 1.82) is 0 Å². The summed E-state index contributed by atoms with van der Waals surface area (Å²) in [5.74, 6) is 6.68. The van der Waals surface area contributed by atoms with Gasteiger partial charge in [0.05, 0.1) is 11.7 Å². The van der Waals surface area contributed by atoms with Crippen molar-refractivity contribution in [3.8, 4) is 0 Å². The monoisotopic (exact) mass is 278 g/mol. The maximum absolute atomic E-state index is 5.98. The maximum atomic E-state index is 5.98. The summed E-state index contributed by atoms with van der Waals surface area (Å²) in [5.41, 5.74) is 4.69. The first-order valence-corrected chi connectivity index (χ1v) is 8.11. The molecule has 0 spiro atoms. The zero-order valence-corrected chi connectivity index (χ0v) is 13.2. The predicted octanol–water partition coefficient (Wildman–Crippen LogP) is 3.40. The summed E-state index contributed by atoms with van der Waals surface area (Å²) in [6.07, 6.45) is 9.45. The van der Waals surface area contributed by atoms with Crippen LogP contribution in [-0.4, -0.2) is 9.78 Å². The minimum absolute atomic E-state index is 0.224. The Morgan fingerprint density at radius 3 is 2.65 bits per heavy atom. The molecule has 0 aromatic carbocycles. The van der Waals surface area contributed by atoms with Gasteiger partial charge in [0.25, 0.3) is 0 Å². The van der Waals surface area contributed by atoms with Crippen LogP contribution in [0, 0.1) is 11.3 Å². The smallest absolute Gasteiger partial charge is 0.0685 e. The molecule has 0 radical (unpaired) electrons. The van der Waals surface area contributed by atoms with E-state index < -0.39 is 0 Å². The Morgan fingerprint density at radius 2 is 2.10 bits per heavy atom. The number of nitrogens with zero attached hydrogens (tertiary/aromatic N) is 2. The minimum Gasteiger partial charge on any atom is -0.271 e. The van der Waals surface area contributed by atoms with Crippen molar-refractivity contribution in [2.75, 3.05) is 0 Å². The highest BCUT2D eigenvalue weighted by molar-refractivity contribution is 5.13. The van der Waals surface area contributed by atoms with Crippen LogP contribution in [0.15, 0.2) is 12.3 Å². The van der Waals surface area contributed by atoms with E-state index in [0.717, 1.165) is 13.0 Å². The molecule has 2 rings (SSSR count). The second kappa shape index (κ2) is 6.72. The lowest BCUT2D eigenvalue weighted by molar-refractivity contribution is 0.148. The Hall–Kier alpha value is -0.870. The molecule has 1 heterocycles. The van der Waals surface area contributed by atoms with E-state index in [1.165, 1.54) is 37.8 Å². The number of rotatable bonds is 7. The second-order valence-electron chi connectivity index (χ2n) is 6.75. The fourth-order valence-corrected chi connectivity index (χ4v) is 4.07. The van der Waals surface area contributed by atoms with Crippen LogP contribution in [0.4, 0.5) is 0 Å². The van der Waals surface area contributed by atoms with Gasteiger partial charge in [-0.3, -0.25) is 16.0 Å². The molecule has 3 N–H and O–H groups in total. The van der Waals surface area contributed by atoms with E-state index in [-0.39, 0.29) is 6.04 Å². The molecule has 4 nitrogen and oxygen atoms in total. The summed E-state index contributed by atoms with van der Waals surface area (Å²) in [7, 11) is 0. The lowest BCUT2D eigenvalue weighted by atomic mass is 9.71. The van der Waals surface area contributed by atoms with Crippen molar-refractivity contribution < 1.29 is 0 Å². The summed E-state index contributed by atoms with van der Waals surface area (Å²) in [4.78, 5) is 0. The summed E-state index contributed by atoms with van der Waals surface area (Å²) in [6.45, 7) is 7.79. The average Bonchev–Trinajstić information content (AvgIpc) is 3.01. The molecule has 1 atom stereocenters. The van der Waals surface area contributed by atoms with E-state index in [4.69, 9.17) is 5.84 Å². The van der Waals surface area contributed by atoms with Gasteiger partial charge in [-0.2, -0.15) is 5.10 Å². The Balaban J connectivity index is 2.30. The highest BCUT2D eigenvalue weighted by Crippen LogP contribution is 2.51. The molecule has 4 heteroatoms. The van der Waals surface area contributed by atoms with Crippen molar-refractivity contribution in [2.24, 2.45) is 17.2 Å². The Kier molecular flexibility index (Phi) is 5.22. The quantitative estimate of drug-likeness (QED) is 0.593. The molecule has 1 unspecified atom stereocenters. The van der Waals surface area contributed by atoms with Crippen molar-refractivity contribution in [3.63, 3.8) is 0 Å². The first-order valence-electron chi connectivity index (χ1n) is 8.11. The molecule has 0 amide bonds. The number of nitrogens with one attached hydrogen (secondary N) is 1. The molecule has 1 fully saturated rings. The standard InChI is InChI=1S/C16H30N4/c1-4-11-20-14(7-10-18-20)15(19-17)16(12-13(2)3)8-5-6-9-16/h7,10,13,15,19H,4-6,8-9,11-12,17H2,1-3H3. The molecule has 1 saturated carbocycles. The van der Waals surface area contributed by atoms with E-state index in [1.54, 1.807) is 0 Å². The van der Waals surface area contributed by atoms with Gasteiger partial charge in [0.1, 0.15) is 0 Å². The zero-order valence-electron chi connectivity index (χ0n) is 13.2. The largest absolute Gasteiger partial charge is 0.271 e. The molecular weight excluding hydrogens is 248 g/mol. The topological polar surface area (TPSA) is 55.9 Å². The van der Waals surface area contributed by atoms with Crippen LogP contribution in [0.3, 0.4) is 0 Å². The summed E-state index contributed by atoms with van der Waals surface area (Å²) >= 11 is 0. The van der Waals surface area contributed by atoms with Gasteiger partial charge in [-0.25, -0.2) is 0 Å². The predicted molar refractivity (Wildman–Crippen MR) is 82.9 cm³/mol. The maximum Gasteiger partial charge on any atom is 0.0685 e. The fourth-order valence-electron chi connectivity index (χ4n) is 4.07. The first kappa shape index (κ1) is 15.5. The number of hydrogen-bond acceptors (Lipinski definition) is 3. The summed E-state index contributed by atoms with van der Waals surface area (Å²) < 4.78 is 2.13. The Morgan fingerprint density at radius 1 is 1.40 bits per heavy atom. The van der Waals surface area contributed by atoms with E-state index in [1.807, 2.05) is 6.20 Å². The van der Waals surface area contributed by atoms with Gasteiger partial charge >= 0.3 is 0 Å². The molecular formula is C16H30N4.